The number of anilines is 2. The third-order valence-corrected chi connectivity index (χ3v) is 3.25. The second kappa shape index (κ2) is 5.77. The van der Waals surface area contributed by atoms with Gasteiger partial charge in [0.25, 0.3) is 0 Å². The Morgan fingerprint density at radius 3 is 2.41 bits per heavy atom. The fourth-order valence-corrected chi connectivity index (χ4v) is 2.04. The molecule has 3 aromatic rings. The van der Waals surface area contributed by atoms with E-state index in [9.17, 15) is 4.79 Å². The average molecular weight is 293 g/mol. The Balaban J connectivity index is 1.79. The summed E-state index contributed by atoms with van der Waals surface area (Å²) in [6.45, 7) is 3.84. The number of nitrogens with zero attached hydrogens (tertiary/aromatic N) is 3. The normalized spacial score (nSPS) is 10.5. The lowest BCUT2D eigenvalue weighted by atomic mass is 10.2. The van der Waals surface area contributed by atoms with Gasteiger partial charge in [0.1, 0.15) is 0 Å². The second-order valence-electron chi connectivity index (χ2n) is 4.92. The van der Waals surface area contributed by atoms with E-state index in [1.54, 1.807) is 36.7 Å². The Hall–Kier alpha value is -3.02. The molecular formula is C16H15N5O. The maximum atomic E-state index is 12.0. The maximum Gasteiger partial charge on any atom is 0.323 e. The van der Waals surface area contributed by atoms with Crippen LogP contribution in [0.15, 0.2) is 42.7 Å². The summed E-state index contributed by atoms with van der Waals surface area (Å²) < 4.78 is 0. The molecule has 0 aliphatic carbocycles. The van der Waals surface area contributed by atoms with Gasteiger partial charge in [0.2, 0.25) is 0 Å². The van der Waals surface area contributed by atoms with Crippen LogP contribution in [0, 0.1) is 13.8 Å². The topological polar surface area (TPSA) is 79.8 Å². The minimum absolute atomic E-state index is 0.329. The molecule has 110 valence electrons. The van der Waals surface area contributed by atoms with Gasteiger partial charge in [0.15, 0.2) is 0 Å². The van der Waals surface area contributed by atoms with Crippen LogP contribution in [0.5, 0.6) is 0 Å². The van der Waals surface area contributed by atoms with Gasteiger partial charge < -0.3 is 10.6 Å². The molecule has 2 heterocycles. The van der Waals surface area contributed by atoms with Crippen molar-refractivity contribution in [2.75, 3.05) is 10.6 Å². The number of amides is 2. The molecule has 0 aliphatic rings. The van der Waals surface area contributed by atoms with E-state index in [1.165, 1.54) is 0 Å². The van der Waals surface area contributed by atoms with Gasteiger partial charge in [-0.3, -0.25) is 4.98 Å². The summed E-state index contributed by atoms with van der Waals surface area (Å²) in [5, 5.41) is 5.48. The highest BCUT2D eigenvalue weighted by molar-refractivity contribution is 6.00. The second-order valence-corrected chi connectivity index (χ2v) is 4.92. The molecule has 6 heteroatoms. The van der Waals surface area contributed by atoms with Crippen molar-refractivity contribution in [1.82, 2.24) is 15.0 Å². The molecule has 0 bridgehead atoms. The molecule has 0 spiro atoms. The molecule has 0 saturated carbocycles. The van der Waals surface area contributed by atoms with Crippen LogP contribution in [0.25, 0.3) is 11.0 Å². The van der Waals surface area contributed by atoms with Gasteiger partial charge in [-0.15, -0.1) is 0 Å². The molecule has 3 rings (SSSR count). The van der Waals surface area contributed by atoms with Crippen LogP contribution in [0.4, 0.5) is 16.2 Å². The number of aryl methyl sites for hydroxylation is 2. The summed E-state index contributed by atoms with van der Waals surface area (Å²) >= 11 is 0. The van der Waals surface area contributed by atoms with E-state index in [0.717, 1.165) is 22.4 Å². The lowest BCUT2D eigenvalue weighted by Crippen LogP contribution is -2.19. The number of rotatable bonds is 2. The van der Waals surface area contributed by atoms with Gasteiger partial charge in [-0.1, -0.05) is 0 Å². The van der Waals surface area contributed by atoms with Crippen molar-refractivity contribution in [3.05, 3.63) is 54.1 Å². The number of fused-ring (bicyclic) bond motifs is 1. The highest BCUT2D eigenvalue weighted by Crippen LogP contribution is 2.17. The molecule has 0 saturated heterocycles. The van der Waals surface area contributed by atoms with Crippen molar-refractivity contribution >= 4 is 28.4 Å². The molecule has 2 aromatic heterocycles. The molecular weight excluding hydrogens is 278 g/mol. The highest BCUT2D eigenvalue weighted by Gasteiger charge is 2.06. The van der Waals surface area contributed by atoms with Crippen molar-refractivity contribution in [1.29, 1.82) is 0 Å². The molecule has 0 atom stereocenters. The van der Waals surface area contributed by atoms with Gasteiger partial charge in [0, 0.05) is 11.9 Å². The standard InChI is InChI=1S/C16H15N5O/c1-10-11(2)19-15-8-12(5-6-14(15)18-10)20-16(22)21-13-4-3-7-17-9-13/h3-9H,1-2H3,(H2,20,21,22). The number of urea groups is 1. The zero-order valence-electron chi connectivity index (χ0n) is 12.3. The summed E-state index contributed by atoms with van der Waals surface area (Å²) in [7, 11) is 0. The van der Waals surface area contributed by atoms with Gasteiger partial charge in [-0.25, -0.2) is 14.8 Å². The van der Waals surface area contributed by atoms with E-state index in [4.69, 9.17) is 0 Å². The third kappa shape index (κ3) is 3.01. The van der Waals surface area contributed by atoms with Crippen LogP contribution in [-0.4, -0.2) is 21.0 Å². The Labute approximate surface area is 127 Å². The van der Waals surface area contributed by atoms with Crippen molar-refractivity contribution in [3.8, 4) is 0 Å². The first-order valence-corrected chi connectivity index (χ1v) is 6.85. The van der Waals surface area contributed by atoms with E-state index in [0.29, 0.717) is 11.4 Å². The predicted octanol–water partition coefficient (Wildman–Crippen LogP) is 3.29. The SMILES string of the molecule is Cc1nc2ccc(NC(=O)Nc3cccnc3)cc2nc1C. The number of pyridine rings is 1. The summed E-state index contributed by atoms with van der Waals surface area (Å²) in [5.74, 6) is 0. The Bertz CT molecular complexity index is 833. The van der Waals surface area contributed by atoms with Crippen LogP contribution in [0.2, 0.25) is 0 Å². The maximum absolute atomic E-state index is 12.0. The monoisotopic (exact) mass is 293 g/mol. The van der Waals surface area contributed by atoms with Gasteiger partial charge >= 0.3 is 6.03 Å². The van der Waals surface area contributed by atoms with E-state index in [2.05, 4.69) is 25.6 Å². The number of carbonyl (C=O) groups excluding carboxylic acids is 1. The fraction of sp³-hybridized carbons (Fsp3) is 0.125. The molecule has 0 fully saturated rings. The van der Waals surface area contributed by atoms with E-state index < -0.39 is 0 Å². The van der Waals surface area contributed by atoms with Crippen molar-refractivity contribution in [2.24, 2.45) is 0 Å². The quantitative estimate of drug-likeness (QED) is 0.760. The number of aromatic nitrogens is 3. The first kappa shape index (κ1) is 13.9. The molecule has 2 N–H and O–H groups in total. The van der Waals surface area contributed by atoms with E-state index in [1.807, 2.05) is 19.9 Å². The van der Waals surface area contributed by atoms with Gasteiger partial charge in [-0.2, -0.15) is 0 Å². The number of hydrogen-bond donors (Lipinski definition) is 2. The Morgan fingerprint density at radius 1 is 0.955 bits per heavy atom. The lowest BCUT2D eigenvalue weighted by Gasteiger charge is -2.08. The molecule has 1 aromatic carbocycles. The van der Waals surface area contributed by atoms with Crippen LogP contribution in [0.3, 0.4) is 0 Å². The summed E-state index contributed by atoms with van der Waals surface area (Å²) in [5.41, 5.74) is 4.63. The molecule has 2 amide bonds. The fourth-order valence-electron chi connectivity index (χ4n) is 2.04. The van der Waals surface area contributed by atoms with Crippen molar-refractivity contribution in [2.45, 2.75) is 13.8 Å². The van der Waals surface area contributed by atoms with Crippen LogP contribution < -0.4 is 10.6 Å². The highest BCUT2D eigenvalue weighted by atomic mass is 16.2. The largest absolute Gasteiger partial charge is 0.323 e. The summed E-state index contributed by atoms with van der Waals surface area (Å²) in [4.78, 5) is 24.8. The van der Waals surface area contributed by atoms with Crippen molar-refractivity contribution < 1.29 is 4.79 Å². The number of benzene rings is 1. The summed E-state index contributed by atoms with van der Waals surface area (Å²) in [6.07, 6.45) is 3.23. The summed E-state index contributed by atoms with van der Waals surface area (Å²) in [6, 6.07) is 8.64. The number of carbonyl (C=O) groups is 1. The first-order valence-electron chi connectivity index (χ1n) is 6.85. The molecule has 0 aliphatic heterocycles. The predicted molar refractivity (Wildman–Crippen MR) is 85.9 cm³/mol. The Kier molecular flexibility index (Phi) is 3.65. The Morgan fingerprint density at radius 2 is 1.68 bits per heavy atom. The first-order chi connectivity index (χ1) is 10.6. The molecule has 0 unspecified atom stereocenters. The van der Waals surface area contributed by atoms with Crippen LogP contribution >= 0.6 is 0 Å². The van der Waals surface area contributed by atoms with Crippen LogP contribution in [0.1, 0.15) is 11.4 Å². The van der Waals surface area contributed by atoms with Gasteiger partial charge in [-0.05, 0) is 44.2 Å². The third-order valence-electron chi connectivity index (χ3n) is 3.25. The lowest BCUT2D eigenvalue weighted by molar-refractivity contribution is 0.262. The van der Waals surface area contributed by atoms with E-state index in [-0.39, 0.29) is 6.03 Å². The minimum Gasteiger partial charge on any atom is -0.308 e. The van der Waals surface area contributed by atoms with E-state index >= 15 is 0 Å². The number of hydrogen-bond acceptors (Lipinski definition) is 4. The number of nitrogens with one attached hydrogen (secondary N) is 2. The van der Waals surface area contributed by atoms with Gasteiger partial charge in [0.05, 0.1) is 34.3 Å². The van der Waals surface area contributed by atoms with Crippen LogP contribution in [-0.2, 0) is 0 Å². The van der Waals surface area contributed by atoms with Crippen molar-refractivity contribution in [3.63, 3.8) is 0 Å². The molecule has 0 radical (unpaired) electrons. The molecule has 6 nitrogen and oxygen atoms in total. The minimum atomic E-state index is -0.329. The molecule has 22 heavy (non-hydrogen) atoms. The zero-order valence-corrected chi connectivity index (χ0v) is 12.3. The average Bonchev–Trinajstić information content (AvgIpc) is 2.49. The zero-order chi connectivity index (χ0) is 15.5. The smallest absolute Gasteiger partial charge is 0.308 e.